The summed E-state index contributed by atoms with van der Waals surface area (Å²) < 4.78 is 6.67. The lowest BCUT2D eigenvalue weighted by Crippen LogP contribution is -2.12. The van der Waals surface area contributed by atoms with E-state index in [-0.39, 0.29) is 5.91 Å². The topological polar surface area (TPSA) is 85.3 Å². The second-order valence-corrected chi connectivity index (χ2v) is 4.55. The van der Waals surface area contributed by atoms with Crippen LogP contribution in [0.3, 0.4) is 0 Å². The monoisotopic (exact) mass is 263 g/mol. The summed E-state index contributed by atoms with van der Waals surface area (Å²) in [6, 6.07) is 3.65. The second-order valence-electron chi connectivity index (χ2n) is 3.59. The molecule has 3 aromatic heterocycles. The molecule has 0 aromatic carbocycles. The first kappa shape index (κ1) is 10.9. The van der Waals surface area contributed by atoms with E-state index in [4.69, 9.17) is 4.42 Å². The van der Waals surface area contributed by atoms with Gasteiger partial charge in [-0.25, -0.2) is 0 Å². The lowest BCUT2D eigenvalue weighted by Gasteiger charge is -1.99. The first-order valence-corrected chi connectivity index (χ1v) is 6.12. The van der Waals surface area contributed by atoms with Crippen LogP contribution < -0.4 is 5.32 Å². The Kier molecular flexibility index (Phi) is 2.77. The van der Waals surface area contributed by atoms with Crippen LogP contribution in [0.4, 0.5) is 5.13 Å². The molecule has 0 aliphatic heterocycles. The van der Waals surface area contributed by atoms with Crippen molar-refractivity contribution in [1.29, 1.82) is 0 Å². The molecule has 92 valence electrons. The third-order valence-corrected chi connectivity index (χ3v) is 3.14. The summed E-state index contributed by atoms with van der Waals surface area (Å²) in [5.74, 6) is 0.694. The maximum atomic E-state index is 11.7. The maximum absolute atomic E-state index is 11.7. The molecule has 0 atom stereocenters. The van der Waals surface area contributed by atoms with Gasteiger partial charge in [-0.2, -0.15) is 4.52 Å². The number of rotatable bonds is 4. The van der Waals surface area contributed by atoms with E-state index in [2.05, 4.69) is 20.6 Å². The van der Waals surface area contributed by atoms with Crippen molar-refractivity contribution in [1.82, 2.24) is 19.8 Å². The first-order valence-electron chi connectivity index (χ1n) is 5.30. The number of hydrogen-bond acceptors (Lipinski definition) is 6. The highest BCUT2D eigenvalue weighted by atomic mass is 32.1. The predicted octanol–water partition coefficient (Wildman–Crippen LogP) is 1.35. The zero-order chi connectivity index (χ0) is 12.4. The Morgan fingerprint density at radius 2 is 2.50 bits per heavy atom. The Balaban J connectivity index is 1.59. The minimum atomic E-state index is -0.101. The summed E-state index contributed by atoms with van der Waals surface area (Å²) in [6.07, 6.45) is 4.01. The number of aryl methyl sites for hydroxylation is 1. The van der Waals surface area contributed by atoms with Gasteiger partial charge in [0.25, 0.3) is 0 Å². The molecule has 0 saturated heterocycles. The van der Waals surface area contributed by atoms with Crippen LogP contribution in [0.15, 0.2) is 29.1 Å². The van der Waals surface area contributed by atoms with E-state index < -0.39 is 0 Å². The van der Waals surface area contributed by atoms with E-state index in [1.54, 1.807) is 12.3 Å². The Bertz CT molecular complexity index is 628. The third-order valence-electron chi connectivity index (χ3n) is 2.31. The molecule has 0 radical (unpaired) electrons. The molecule has 0 unspecified atom stereocenters. The molecule has 1 amide bonds. The van der Waals surface area contributed by atoms with Crippen LogP contribution >= 0.6 is 11.3 Å². The fourth-order valence-corrected chi connectivity index (χ4v) is 2.22. The van der Waals surface area contributed by atoms with Crippen LogP contribution in [0.2, 0.25) is 0 Å². The van der Waals surface area contributed by atoms with Gasteiger partial charge in [0.15, 0.2) is 0 Å². The van der Waals surface area contributed by atoms with Crippen molar-refractivity contribution in [2.75, 3.05) is 5.32 Å². The molecule has 0 fully saturated rings. The minimum Gasteiger partial charge on any atom is -0.469 e. The summed E-state index contributed by atoms with van der Waals surface area (Å²) >= 11 is 1.28. The number of furan rings is 1. The van der Waals surface area contributed by atoms with Gasteiger partial charge in [0, 0.05) is 12.8 Å². The number of nitrogens with one attached hydrogen (secondary N) is 1. The maximum Gasteiger partial charge on any atom is 0.236 e. The molecule has 3 rings (SSSR count). The lowest BCUT2D eigenvalue weighted by atomic mass is 10.2. The van der Waals surface area contributed by atoms with Crippen LogP contribution in [0, 0.1) is 0 Å². The number of amides is 1. The summed E-state index contributed by atoms with van der Waals surface area (Å²) in [5.41, 5.74) is 0. The van der Waals surface area contributed by atoms with Crippen LogP contribution in [0.1, 0.15) is 12.2 Å². The largest absolute Gasteiger partial charge is 0.469 e. The zero-order valence-electron chi connectivity index (χ0n) is 9.24. The van der Waals surface area contributed by atoms with Gasteiger partial charge in [-0.15, -0.1) is 15.3 Å². The predicted molar refractivity (Wildman–Crippen MR) is 64.3 cm³/mol. The van der Waals surface area contributed by atoms with Gasteiger partial charge < -0.3 is 9.73 Å². The average Bonchev–Trinajstić information content (AvgIpc) is 3.01. The summed E-state index contributed by atoms with van der Waals surface area (Å²) in [7, 11) is 0. The van der Waals surface area contributed by atoms with E-state index >= 15 is 0 Å². The normalized spacial score (nSPS) is 10.9. The number of anilines is 1. The summed E-state index contributed by atoms with van der Waals surface area (Å²) in [5, 5.41) is 14.9. The molecule has 0 bridgehead atoms. The molecule has 7 nitrogen and oxygen atoms in total. The van der Waals surface area contributed by atoms with Crippen LogP contribution in [0.25, 0.3) is 4.96 Å². The van der Waals surface area contributed by atoms with E-state index in [9.17, 15) is 4.79 Å². The van der Waals surface area contributed by atoms with Gasteiger partial charge in [0.05, 0.1) is 6.26 Å². The van der Waals surface area contributed by atoms with Gasteiger partial charge in [-0.3, -0.25) is 4.79 Å². The second kappa shape index (κ2) is 4.57. The van der Waals surface area contributed by atoms with Crippen molar-refractivity contribution < 1.29 is 9.21 Å². The molecule has 0 spiro atoms. The molecule has 0 saturated carbocycles. The Hall–Kier alpha value is -2.22. The van der Waals surface area contributed by atoms with Gasteiger partial charge in [0.2, 0.25) is 16.0 Å². The van der Waals surface area contributed by atoms with E-state index in [0.29, 0.717) is 22.9 Å². The lowest BCUT2D eigenvalue weighted by molar-refractivity contribution is -0.116. The van der Waals surface area contributed by atoms with Crippen LogP contribution in [-0.4, -0.2) is 25.7 Å². The van der Waals surface area contributed by atoms with E-state index in [0.717, 1.165) is 5.76 Å². The van der Waals surface area contributed by atoms with Gasteiger partial charge in [0.1, 0.15) is 12.1 Å². The average molecular weight is 263 g/mol. The third kappa shape index (κ3) is 2.23. The van der Waals surface area contributed by atoms with Crippen LogP contribution in [0.5, 0.6) is 0 Å². The van der Waals surface area contributed by atoms with Crippen molar-refractivity contribution >= 4 is 27.3 Å². The molecule has 8 heteroatoms. The van der Waals surface area contributed by atoms with E-state index in [1.165, 1.54) is 22.2 Å². The fourth-order valence-electron chi connectivity index (χ4n) is 1.48. The highest BCUT2D eigenvalue weighted by molar-refractivity contribution is 7.20. The molecular weight excluding hydrogens is 254 g/mol. The molecule has 18 heavy (non-hydrogen) atoms. The SMILES string of the molecule is O=C(CCc1ccco1)Nc1nn2cnnc2s1. The van der Waals surface area contributed by atoms with Crippen molar-refractivity contribution in [2.45, 2.75) is 12.8 Å². The number of hydrogen-bond donors (Lipinski definition) is 1. The first-order chi connectivity index (χ1) is 8.81. The van der Waals surface area contributed by atoms with Crippen LogP contribution in [-0.2, 0) is 11.2 Å². The Morgan fingerprint density at radius 1 is 1.56 bits per heavy atom. The highest BCUT2D eigenvalue weighted by Crippen LogP contribution is 2.17. The number of aromatic nitrogens is 4. The van der Waals surface area contributed by atoms with Gasteiger partial charge in [-0.05, 0) is 12.1 Å². The number of fused-ring (bicyclic) bond motifs is 1. The van der Waals surface area contributed by atoms with Crippen molar-refractivity contribution in [2.24, 2.45) is 0 Å². The number of nitrogens with zero attached hydrogens (tertiary/aromatic N) is 4. The fraction of sp³-hybridized carbons (Fsp3) is 0.200. The molecule has 0 aliphatic carbocycles. The number of carbonyl (C=O) groups is 1. The van der Waals surface area contributed by atoms with Gasteiger partial charge in [-0.1, -0.05) is 11.3 Å². The quantitative estimate of drug-likeness (QED) is 0.768. The molecule has 0 aliphatic rings. The molecule has 1 N–H and O–H groups in total. The molecular formula is C10H9N5O2S. The zero-order valence-corrected chi connectivity index (χ0v) is 10.1. The Morgan fingerprint density at radius 3 is 3.28 bits per heavy atom. The van der Waals surface area contributed by atoms with Crippen molar-refractivity contribution in [3.05, 3.63) is 30.5 Å². The smallest absolute Gasteiger partial charge is 0.236 e. The van der Waals surface area contributed by atoms with Crippen molar-refractivity contribution in [3.63, 3.8) is 0 Å². The summed E-state index contributed by atoms with van der Waals surface area (Å²) in [4.78, 5) is 12.3. The standard InChI is InChI=1S/C10H9N5O2S/c16-8(4-3-7-2-1-5-17-7)12-9-14-15-6-11-13-10(15)18-9/h1-2,5-6H,3-4H2,(H,12,14,16). The number of carbonyl (C=O) groups excluding carboxylic acids is 1. The highest BCUT2D eigenvalue weighted by Gasteiger charge is 2.09. The van der Waals surface area contributed by atoms with Gasteiger partial charge >= 0.3 is 0 Å². The molecule has 3 heterocycles. The minimum absolute atomic E-state index is 0.101. The van der Waals surface area contributed by atoms with E-state index in [1.807, 2.05) is 6.07 Å². The Labute approximate surface area is 105 Å². The van der Waals surface area contributed by atoms with Crippen molar-refractivity contribution in [3.8, 4) is 0 Å². The summed E-state index contributed by atoms with van der Waals surface area (Å²) in [6.45, 7) is 0. The molecule has 3 aromatic rings.